The highest BCUT2D eigenvalue weighted by Gasteiger charge is 2.57. The van der Waals surface area contributed by atoms with Crippen molar-refractivity contribution in [2.45, 2.75) is 145 Å². The van der Waals surface area contributed by atoms with Crippen molar-refractivity contribution in [3.63, 3.8) is 0 Å². The van der Waals surface area contributed by atoms with E-state index in [4.69, 9.17) is 14.6 Å². The first-order chi connectivity index (χ1) is 33.1. The second-order valence-corrected chi connectivity index (χ2v) is 22.2. The first-order valence-electron chi connectivity index (χ1n) is 24.9. The summed E-state index contributed by atoms with van der Waals surface area (Å²) < 4.78 is 65.4. The van der Waals surface area contributed by atoms with E-state index >= 15 is 0 Å². The van der Waals surface area contributed by atoms with Crippen molar-refractivity contribution in [3.8, 4) is 0 Å². The van der Waals surface area contributed by atoms with Crippen molar-refractivity contribution < 1.29 is 60.9 Å². The fraction of sp³-hybridized carbons (Fsp3) is 0.673. The molecule has 8 rings (SSSR count). The molecule has 0 bridgehead atoms. The van der Waals surface area contributed by atoms with Gasteiger partial charge >= 0.3 is 36.1 Å². The topological polar surface area (TPSA) is 154 Å². The Hall–Kier alpha value is -5.04. The number of aliphatic carboxylic acids is 2. The number of carboxylic acids is 2. The Morgan fingerprint density at radius 3 is 1.30 bits per heavy atom. The second-order valence-electron chi connectivity index (χ2n) is 22.2. The Morgan fingerprint density at radius 1 is 0.648 bits per heavy atom. The average Bonchev–Trinajstić information content (AvgIpc) is 3.63. The molecule has 2 spiro atoms. The van der Waals surface area contributed by atoms with E-state index in [0.717, 1.165) is 101 Å². The highest BCUT2D eigenvalue weighted by molar-refractivity contribution is 5.84. The second kappa shape index (κ2) is 21.6. The van der Waals surface area contributed by atoms with Crippen molar-refractivity contribution >= 4 is 30.0 Å². The number of rotatable bonds is 12. The third-order valence-corrected chi connectivity index (χ3v) is 16.2. The van der Waals surface area contributed by atoms with Gasteiger partial charge in [0.2, 0.25) is 0 Å². The van der Waals surface area contributed by atoms with Crippen LogP contribution in [0.2, 0.25) is 0 Å². The maximum atomic E-state index is 14.1. The summed E-state index contributed by atoms with van der Waals surface area (Å²) in [5.41, 5.74) is 0.226. The van der Waals surface area contributed by atoms with Crippen LogP contribution in [-0.4, -0.2) is 160 Å². The van der Waals surface area contributed by atoms with Gasteiger partial charge < -0.3 is 34.5 Å². The van der Waals surface area contributed by atoms with Crippen LogP contribution in [0.15, 0.2) is 48.5 Å². The zero-order valence-electron chi connectivity index (χ0n) is 42.3. The van der Waals surface area contributed by atoms with Gasteiger partial charge in [0, 0.05) is 37.3 Å². The van der Waals surface area contributed by atoms with Gasteiger partial charge in [-0.3, -0.25) is 19.4 Å². The summed E-state index contributed by atoms with van der Waals surface area (Å²) >= 11 is 0. The molecule has 2 aliphatic heterocycles. The molecular weight excluding hydrogens is 932 g/mol. The lowest BCUT2D eigenvalue weighted by atomic mass is 9.68. The summed E-state index contributed by atoms with van der Waals surface area (Å²) in [5, 5.41) is 16.4. The zero-order valence-corrected chi connectivity index (χ0v) is 42.3. The molecule has 4 saturated carbocycles. The third kappa shape index (κ3) is 12.4. The fourth-order valence-electron chi connectivity index (χ4n) is 11.8. The average molecular weight is 1010 g/mol. The van der Waals surface area contributed by atoms with Crippen LogP contribution in [-0.2, 0) is 30.2 Å². The molecule has 6 aliphatic rings. The minimum atomic E-state index is -5.08. The normalized spacial score (nSPS) is 27.1. The van der Waals surface area contributed by atoms with Gasteiger partial charge in [-0.2, -0.15) is 13.2 Å². The first kappa shape index (κ1) is 55.3. The third-order valence-electron chi connectivity index (χ3n) is 16.2. The van der Waals surface area contributed by atoms with Gasteiger partial charge in [0.05, 0.1) is 11.1 Å². The lowest BCUT2D eigenvalue weighted by molar-refractivity contribution is -0.192. The molecule has 2 N–H and O–H groups in total. The number of hydrogen-bond acceptors (Lipinski definition) is 8. The lowest BCUT2D eigenvalue weighted by Gasteiger charge is -2.51. The molecule has 0 atom stereocenters. The lowest BCUT2D eigenvalue weighted by Crippen LogP contribution is -2.56. The van der Waals surface area contributed by atoms with Crippen LogP contribution in [0.25, 0.3) is 0 Å². The maximum Gasteiger partial charge on any atom is 0.490 e. The predicted octanol–water partition coefficient (Wildman–Crippen LogP) is 8.93. The standard InChI is InChI=1S/C27H40FN3O3.C23H32FN3O3.C2HF3O2/c1-25(2,3)34-23(32)18-30-19-26(31(24(30)33)17-20-8-6-9-20)12-14-27(15-13-26,29(4)5)21-10-7-11-22(28)16-21;1-25(2)23(18-7-4-8-19(24)13-18)11-9-22(10-12-23)16-26(15-20(28)29)21(30)27(22)14-17-5-3-6-17;3-2(4,5)1(6)7/h7,10-11,16,20H,6,8-9,12-15,17-19H2,1-5H3;4,7-8,13,17H,3,5-6,9-12,14-16H2,1-2H3,(H,28,29);(H,6,7). The van der Waals surface area contributed by atoms with Gasteiger partial charge in [0.25, 0.3) is 0 Å². The summed E-state index contributed by atoms with van der Waals surface area (Å²) in [4.78, 5) is 71.1. The number of urea groups is 2. The maximum absolute atomic E-state index is 14.1. The van der Waals surface area contributed by atoms with Crippen molar-refractivity contribution in [3.05, 3.63) is 71.3 Å². The minimum Gasteiger partial charge on any atom is -0.480 e. The molecule has 0 aromatic heterocycles. The molecule has 6 fully saturated rings. The number of halogens is 5. The van der Waals surface area contributed by atoms with Gasteiger partial charge in [-0.15, -0.1) is 0 Å². The highest BCUT2D eigenvalue weighted by Crippen LogP contribution is 2.51. The smallest absolute Gasteiger partial charge is 0.480 e. The van der Waals surface area contributed by atoms with Crippen molar-refractivity contribution in [1.82, 2.24) is 29.4 Å². The predicted molar refractivity (Wildman–Crippen MR) is 255 cm³/mol. The number of hydrogen-bond donors (Lipinski definition) is 2. The van der Waals surface area contributed by atoms with Crippen LogP contribution >= 0.6 is 0 Å². The molecular formula is C52H73F5N6O8. The van der Waals surface area contributed by atoms with Crippen molar-refractivity contribution in [1.29, 1.82) is 0 Å². The zero-order chi connectivity index (χ0) is 52.3. The highest BCUT2D eigenvalue weighted by atomic mass is 19.4. The number of esters is 1. The van der Waals surface area contributed by atoms with Gasteiger partial charge in [-0.05, 0) is 173 Å². The summed E-state index contributed by atoms with van der Waals surface area (Å²) in [5.74, 6) is -3.46. The molecule has 394 valence electrons. The van der Waals surface area contributed by atoms with Gasteiger partial charge in [-0.25, -0.2) is 23.2 Å². The fourth-order valence-corrected chi connectivity index (χ4v) is 11.8. The van der Waals surface area contributed by atoms with Crippen LogP contribution in [0.1, 0.15) is 122 Å². The van der Waals surface area contributed by atoms with E-state index < -0.39 is 23.7 Å². The Balaban J connectivity index is 0.000000206. The molecule has 14 nitrogen and oxygen atoms in total. The molecule has 71 heavy (non-hydrogen) atoms. The number of carboxylic acid groups (broad SMARTS) is 2. The molecule has 2 saturated heterocycles. The number of amides is 4. The van der Waals surface area contributed by atoms with E-state index in [-0.39, 0.29) is 64.9 Å². The summed E-state index contributed by atoms with van der Waals surface area (Å²) in [6, 6.07) is 13.6. The molecule has 2 aromatic rings. The number of benzene rings is 2. The van der Waals surface area contributed by atoms with Crippen LogP contribution < -0.4 is 0 Å². The van der Waals surface area contributed by atoms with Crippen LogP contribution in [0, 0.1) is 23.5 Å². The SMILES string of the molecule is CN(C)C1(c2cccc(F)c2)CCC2(CC1)CN(CC(=O)O)C(=O)N2CC1CCC1.CN(C)C1(c2cccc(F)c2)CCC2(CC1)CN(CC(=O)OC(C)(C)C)C(=O)N2CC1CCC1.O=C(O)C(F)(F)F. The molecule has 4 aliphatic carbocycles. The molecule has 19 heteroatoms. The van der Waals surface area contributed by atoms with Crippen LogP contribution in [0.4, 0.5) is 31.5 Å². The molecule has 0 unspecified atom stereocenters. The van der Waals surface area contributed by atoms with E-state index in [1.54, 1.807) is 29.2 Å². The van der Waals surface area contributed by atoms with Crippen LogP contribution in [0.3, 0.4) is 0 Å². The Bertz CT molecular complexity index is 2230. The summed E-state index contributed by atoms with van der Waals surface area (Å²) in [7, 11) is 8.18. The van der Waals surface area contributed by atoms with Gasteiger partial charge in [-0.1, -0.05) is 37.1 Å². The number of carbonyl (C=O) groups excluding carboxylic acids is 3. The van der Waals surface area contributed by atoms with E-state index in [2.05, 4.69) is 28.8 Å². The Kier molecular flexibility index (Phi) is 16.8. The molecule has 2 heterocycles. The number of carbonyl (C=O) groups is 5. The van der Waals surface area contributed by atoms with E-state index in [0.29, 0.717) is 24.9 Å². The van der Waals surface area contributed by atoms with Gasteiger partial charge in [0.1, 0.15) is 30.3 Å². The molecule has 4 amide bonds. The Morgan fingerprint density at radius 2 is 1.01 bits per heavy atom. The monoisotopic (exact) mass is 1000 g/mol. The first-order valence-corrected chi connectivity index (χ1v) is 24.9. The number of nitrogens with zero attached hydrogens (tertiary/aromatic N) is 6. The van der Waals surface area contributed by atoms with Gasteiger partial charge in [0.15, 0.2) is 0 Å². The summed E-state index contributed by atoms with van der Waals surface area (Å²) in [6.07, 6.45) is 8.46. The number of ether oxygens (including phenoxy) is 1. The quantitative estimate of drug-likeness (QED) is 0.156. The van der Waals surface area contributed by atoms with Crippen molar-refractivity contribution in [2.75, 3.05) is 67.5 Å². The summed E-state index contributed by atoms with van der Waals surface area (Å²) in [6.45, 7) is 7.77. The number of alkyl halides is 3. The van der Waals surface area contributed by atoms with Crippen molar-refractivity contribution in [2.24, 2.45) is 11.8 Å². The molecule has 2 aromatic carbocycles. The van der Waals surface area contributed by atoms with Crippen LogP contribution in [0.5, 0.6) is 0 Å². The largest absolute Gasteiger partial charge is 0.490 e. The van der Waals surface area contributed by atoms with E-state index in [1.165, 1.54) is 29.9 Å². The molecule has 0 radical (unpaired) electrons. The van der Waals surface area contributed by atoms with E-state index in [9.17, 15) is 46.2 Å². The Labute approximate surface area is 414 Å². The minimum absolute atomic E-state index is 0.0122. The van der Waals surface area contributed by atoms with E-state index in [1.807, 2.05) is 51.9 Å².